The number of aromatic nitrogens is 1. The molecule has 0 aliphatic carbocycles. The van der Waals surface area contributed by atoms with Gasteiger partial charge in [-0.3, -0.25) is 9.59 Å². The maximum absolute atomic E-state index is 13.8. The van der Waals surface area contributed by atoms with E-state index in [4.69, 9.17) is 4.42 Å². The molecule has 2 unspecified atom stereocenters. The van der Waals surface area contributed by atoms with Crippen molar-refractivity contribution in [1.29, 1.82) is 0 Å². The van der Waals surface area contributed by atoms with Crippen molar-refractivity contribution >= 4 is 11.9 Å². The van der Waals surface area contributed by atoms with Crippen LogP contribution in [0.3, 0.4) is 0 Å². The minimum absolute atomic E-state index is 0.0224. The van der Waals surface area contributed by atoms with Crippen molar-refractivity contribution in [3.05, 3.63) is 41.8 Å². The van der Waals surface area contributed by atoms with Gasteiger partial charge in [0.25, 0.3) is 5.91 Å². The van der Waals surface area contributed by atoms with Crippen molar-refractivity contribution in [2.45, 2.75) is 13.3 Å². The van der Waals surface area contributed by atoms with Crippen molar-refractivity contribution < 1.29 is 27.9 Å². The van der Waals surface area contributed by atoms with Gasteiger partial charge in [0.15, 0.2) is 5.69 Å². The van der Waals surface area contributed by atoms with E-state index >= 15 is 0 Å². The fourth-order valence-electron chi connectivity index (χ4n) is 3.05. The Labute approximate surface area is 142 Å². The summed E-state index contributed by atoms with van der Waals surface area (Å²) in [5.74, 6) is -4.14. The first-order chi connectivity index (χ1) is 11.9. The first kappa shape index (κ1) is 17.1. The first-order valence-corrected chi connectivity index (χ1v) is 7.78. The highest BCUT2D eigenvalue weighted by Gasteiger charge is 2.33. The Morgan fingerprint density at radius 1 is 1.28 bits per heavy atom. The molecule has 0 spiro atoms. The van der Waals surface area contributed by atoms with Gasteiger partial charge in [-0.05, 0) is 24.5 Å². The molecule has 6 nitrogen and oxygen atoms in total. The highest BCUT2D eigenvalue weighted by Crippen LogP contribution is 2.27. The number of carboxylic acid groups (broad SMARTS) is 1. The molecule has 1 aromatic carbocycles. The number of oxazole rings is 1. The van der Waals surface area contributed by atoms with E-state index < -0.39 is 35.0 Å². The van der Waals surface area contributed by atoms with Crippen LogP contribution in [0.1, 0.15) is 23.8 Å². The molecule has 1 aromatic heterocycles. The minimum atomic E-state index is -0.960. The van der Waals surface area contributed by atoms with Gasteiger partial charge in [-0.2, -0.15) is 0 Å². The third kappa shape index (κ3) is 3.38. The normalized spacial score (nSPS) is 20.5. The molecule has 1 N–H and O–H groups in total. The second-order valence-electron chi connectivity index (χ2n) is 6.22. The number of carbonyl (C=O) groups excluding carboxylic acids is 1. The van der Waals surface area contributed by atoms with Crippen LogP contribution in [-0.4, -0.2) is 40.0 Å². The summed E-state index contributed by atoms with van der Waals surface area (Å²) in [5.41, 5.74) is -0.562. The molecule has 0 bridgehead atoms. The van der Waals surface area contributed by atoms with Gasteiger partial charge >= 0.3 is 5.97 Å². The average Bonchev–Trinajstić information content (AvgIpc) is 3.03. The van der Waals surface area contributed by atoms with Gasteiger partial charge in [0.2, 0.25) is 5.89 Å². The van der Waals surface area contributed by atoms with Gasteiger partial charge < -0.3 is 14.4 Å². The summed E-state index contributed by atoms with van der Waals surface area (Å²) in [7, 11) is 0. The molecule has 1 amide bonds. The van der Waals surface area contributed by atoms with Gasteiger partial charge in [0, 0.05) is 13.1 Å². The maximum Gasteiger partial charge on any atom is 0.308 e. The molecule has 2 aromatic rings. The minimum Gasteiger partial charge on any atom is -0.481 e. The molecule has 2 atom stereocenters. The van der Waals surface area contributed by atoms with Gasteiger partial charge in [0.1, 0.15) is 23.5 Å². The van der Waals surface area contributed by atoms with Gasteiger partial charge in [0.05, 0.1) is 5.92 Å². The number of benzene rings is 1. The Bertz CT molecular complexity index is 800. The van der Waals surface area contributed by atoms with Crippen LogP contribution >= 0.6 is 0 Å². The Morgan fingerprint density at radius 3 is 2.60 bits per heavy atom. The summed E-state index contributed by atoms with van der Waals surface area (Å²) in [4.78, 5) is 29.0. The molecule has 132 valence electrons. The first-order valence-electron chi connectivity index (χ1n) is 7.78. The second-order valence-corrected chi connectivity index (χ2v) is 6.22. The molecular weight excluding hydrogens is 334 g/mol. The van der Waals surface area contributed by atoms with Gasteiger partial charge in [-0.25, -0.2) is 13.8 Å². The quantitative estimate of drug-likeness (QED) is 0.920. The van der Waals surface area contributed by atoms with E-state index in [1.165, 1.54) is 11.0 Å². The number of piperidine rings is 1. The molecule has 0 saturated carbocycles. The van der Waals surface area contributed by atoms with E-state index in [9.17, 15) is 23.5 Å². The van der Waals surface area contributed by atoms with E-state index in [0.29, 0.717) is 13.0 Å². The number of carbonyl (C=O) groups is 2. The Hall–Kier alpha value is -2.77. The topological polar surface area (TPSA) is 83.6 Å². The standard InChI is InChI=1S/C17H16F2N2O4/c1-9-5-10(17(23)24)7-21(6-9)16(22)13-8-25-15(20-13)14-11(18)3-2-4-12(14)19/h2-4,8-10H,5-7H2,1H3,(H,23,24). The molecule has 25 heavy (non-hydrogen) atoms. The molecule has 1 aliphatic rings. The summed E-state index contributed by atoms with van der Waals surface area (Å²) in [5, 5.41) is 9.18. The predicted molar refractivity (Wildman–Crippen MR) is 82.7 cm³/mol. The number of halogens is 2. The number of hydrogen-bond donors (Lipinski definition) is 1. The SMILES string of the molecule is CC1CC(C(=O)O)CN(C(=O)c2coc(-c3c(F)cccc3F)n2)C1. The van der Waals surface area contributed by atoms with Crippen molar-refractivity contribution in [3.63, 3.8) is 0 Å². The lowest BCUT2D eigenvalue weighted by Gasteiger charge is -2.34. The predicted octanol–water partition coefficient (Wildman–Crippen LogP) is 2.80. The number of hydrogen-bond acceptors (Lipinski definition) is 4. The smallest absolute Gasteiger partial charge is 0.308 e. The van der Waals surface area contributed by atoms with Crippen LogP contribution in [0.25, 0.3) is 11.5 Å². The maximum atomic E-state index is 13.8. The fraction of sp³-hybridized carbons (Fsp3) is 0.353. The van der Waals surface area contributed by atoms with Crippen molar-refractivity contribution in [1.82, 2.24) is 9.88 Å². The van der Waals surface area contributed by atoms with Crippen molar-refractivity contribution in [2.24, 2.45) is 11.8 Å². The van der Waals surface area contributed by atoms with E-state index in [0.717, 1.165) is 18.4 Å². The fourth-order valence-corrected chi connectivity index (χ4v) is 3.05. The molecule has 2 heterocycles. The molecule has 1 saturated heterocycles. The van der Waals surface area contributed by atoms with Crippen LogP contribution < -0.4 is 0 Å². The number of aliphatic carboxylic acids is 1. The Kier molecular flexibility index (Phi) is 4.52. The number of likely N-dealkylation sites (tertiary alicyclic amines) is 1. The van der Waals surface area contributed by atoms with Crippen molar-refractivity contribution in [2.75, 3.05) is 13.1 Å². The van der Waals surface area contributed by atoms with E-state index in [2.05, 4.69) is 4.98 Å². The van der Waals surface area contributed by atoms with Crippen molar-refractivity contribution in [3.8, 4) is 11.5 Å². The lowest BCUT2D eigenvalue weighted by atomic mass is 9.90. The molecule has 1 fully saturated rings. The van der Waals surface area contributed by atoms with Crippen LogP contribution in [0, 0.1) is 23.5 Å². The summed E-state index contributed by atoms with van der Waals surface area (Å²) in [6.45, 7) is 2.31. The molecule has 0 radical (unpaired) electrons. The van der Waals surface area contributed by atoms with E-state index in [1.807, 2.05) is 6.92 Å². The summed E-state index contributed by atoms with van der Waals surface area (Å²) < 4.78 is 32.7. The Balaban J connectivity index is 1.84. The zero-order chi connectivity index (χ0) is 18.1. The summed E-state index contributed by atoms with van der Waals surface area (Å²) >= 11 is 0. The van der Waals surface area contributed by atoms with E-state index in [1.54, 1.807) is 0 Å². The van der Waals surface area contributed by atoms with E-state index in [-0.39, 0.29) is 24.0 Å². The molecule has 8 heteroatoms. The third-order valence-electron chi connectivity index (χ3n) is 4.20. The van der Waals surface area contributed by atoms with Crippen LogP contribution in [0.5, 0.6) is 0 Å². The monoisotopic (exact) mass is 350 g/mol. The van der Waals surface area contributed by atoms with Crippen LogP contribution in [0.4, 0.5) is 8.78 Å². The van der Waals surface area contributed by atoms with Crippen LogP contribution in [-0.2, 0) is 4.79 Å². The lowest BCUT2D eigenvalue weighted by Crippen LogP contribution is -2.45. The number of rotatable bonds is 3. The van der Waals surface area contributed by atoms with Gasteiger partial charge in [-0.1, -0.05) is 13.0 Å². The lowest BCUT2D eigenvalue weighted by molar-refractivity contribution is -0.143. The zero-order valence-corrected chi connectivity index (χ0v) is 13.4. The summed E-state index contributed by atoms with van der Waals surface area (Å²) in [6, 6.07) is 3.34. The average molecular weight is 350 g/mol. The van der Waals surface area contributed by atoms with Crippen LogP contribution in [0.2, 0.25) is 0 Å². The Morgan fingerprint density at radius 2 is 1.96 bits per heavy atom. The number of carboxylic acids is 1. The third-order valence-corrected chi connectivity index (χ3v) is 4.20. The van der Waals surface area contributed by atoms with Gasteiger partial charge in [-0.15, -0.1) is 0 Å². The largest absolute Gasteiger partial charge is 0.481 e. The second kappa shape index (κ2) is 6.62. The molecule has 3 rings (SSSR count). The highest BCUT2D eigenvalue weighted by molar-refractivity contribution is 5.93. The van der Waals surface area contributed by atoms with Crippen LogP contribution in [0.15, 0.2) is 28.9 Å². The zero-order valence-electron chi connectivity index (χ0n) is 13.4. The number of nitrogens with zero attached hydrogens (tertiary/aromatic N) is 2. The molecular formula is C17H16F2N2O4. The molecule has 1 aliphatic heterocycles. The summed E-state index contributed by atoms with van der Waals surface area (Å²) in [6.07, 6.45) is 1.52. The number of amides is 1. The highest BCUT2D eigenvalue weighted by atomic mass is 19.1.